The highest BCUT2D eigenvalue weighted by Gasteiger charge is 2.31. The number of hydrogen-bond donors (Lipinski definition) is 1. The summed E-state index contributed by atoms with van der Waals surface area (Å²) in [5.74, 6) is 0.620. The fourth-order valence-electron chi connectivity index (χ4n) is 5.07. The lowest BCUT2D eigenvalue weighted by atomic mass is 9.93. The van der Waals surface area contributed by atoms with Gasteiger partial charge in [-0.05, 0) is 36.5 Å². The predicted molar refractivity (Wildman–Crippen MR) is 126 cm³/mol. The van der Waals surface area contributed by atoms with E-state index in [9.17, 15) is 4.39 Å². The molecule has 2 aliphatic heterocycles. The van der Waals surface area contributed by atoms with Gasteiger partial charge in [-0.1, -0.05) is 30.3 Å². The Hall–Kier alpha value is -2.70. The molecule has 1 N–H and O–H groups in total. The zero-order chi connectivity index (χ0) is 21.9. The largest absolute Gasteiger partial charge is 0.476 e. The topological polar surface area (TPSA) is 44.4 Å². The van der Waals surface area contributed by atoms with E-state index in [0.717, 1.165) is 44.6 Å². The number of aromatic nitrogens is 2. The lowest BCUT2D eigenvalue weighted by molar-refractivity contribution is 0.212. The molecular weight excluding hydrogens is 403 g/mol. The number of benzene rings is 1. The molecule has 1 unspecified atom stereocenters. The van der Waals surface area contributed by atoms with Crippen LogP contribution >= 0.6 is 0 Å². The molecule has 0 spiro atoms. The first-order valence-corrected chi connectivity index (χ1v) is 11.6. The van der Waals surface area contributed by atoms with Crippen molar-refractivity contribution in [1.29, 1.82) is 0 Å². The van der Waals surface area contributed by atoms with Crippen molar-refractivity contribution >= 4 is 10.9 Å². The molecule has 0 saturated carbocycles. The van der Waals surface area contributed by atoms with Crippen molar-refractivity contribution < 1.29 is 9.13 Å². The summed E-state index contributed by atoms with van der Waals surface area (Å²) in [5.41, 5.74) is 5.04. The number of nitrogens with zero attached hydrogens (tertiary/aromatic N) is 3. The van der Waals surface area contributed by atoms with Crippen LogP contribution in [-0.4, -0.2) is 65.3 Å². The van der Waals surface area contributed by atoms with E-state index in [-0.39, 0.29) is 6.04 Å². The number of nitrogens with one attached hydrogen (secondary N) is 1. The van der Waals surface area contributed by atoms with Crippen LogP contribution in [0.1, 0.15) is 35.7 Å². The Morgan fingerprint density at radius 1 is 1.19 bits per heavy atom. The highest BCUT2D eigenvalue weighted by atomic mass is 19.1. The molecule has 2 atom stereocenters. The van der Waals surface area contributed by atoms with Crippen LogP contribution in [0.15, 0.2) is 55.3 Å². The SMILES string of the molecule is C=CCCN1CCc2c([nH]c3ccccc23)[C@H]1c1ccc(OCCN2CCC(F)C2)nc1. The van der Waals surface area contributed by atoms with E-state index >= 15 is 0 Å². The maximum Gasteiger partial charge on any atom is 0.213 e. The molecule has 168 valence electrons. The van der Waals surface area contributed by atoms with E-state index in [1.807, 2.05) is 18.3 Å². The number of alkyl halides is 1. The molecule has 5 rings (SSSR count). The van der Waals surface area contributed by atoms with Crippen LogP contribution in [0.2, 0.25) is 0 Å². The Balaban J connectivity index is 1.34. The molecular formula is C26H31FN4O. The molecule has 0 radical (unpaired) electrons. The Bertz CT molecular complexity index is 1060. The summed E-state index contributed by atoms with van der Waals surface area (Å²) in [6.07, 6.45) is 5.86. The van der Waals surface area contributed by atoms with Crippen LogP contribution in [-0.2, 0) is 6.42 Å². The smallest absolute Gasteiger partial charge is 0.213 e. The van der Waals surface area contributed by atoms with Crippen molar-refractivity contribution in [3.63, 3.8) is 0 Å². The number of hydrogen-bond acceptors (Lipinski definition) is 4. The fourth-order valence-corrected chi connectivity index (χ4v) is 5.07. The van der Waals surface area contributed by atoms with Crippen molar-refractivity contribution in [2.24, 2.45) is 0 Å². The first-order chi connectivity index (χ1) is 15.7. The average molecular weight is 435 g/mol. The van der Waals surface area contributed by atoms with Gasteiger partial charge in [-0.15, -0.1) is 6.58 Å². The van der Waals surface area contributed by atoms with Gasteiger partial charge in [-0.25, -0.2) is 9.37 Å². The zero-order valence-electron chi connectivity index (χ0n) is 18.5. The molecule has 2 aromatic heterocycles. The quantitative estimate of drug-likeness (QED) is 0.530. The number of aromatic amines is 1. The molecule has 5 nitrogen and oxygen atoms in total. The van der Waals surface area contributed by atoms with E-state index in [0.29, 0.717) is 25.5 Å². The van der Waals surface area contributed by atoms with Crippen molar-refractivity contribution in [1.82, 2.24) is 19.8 Å². The number of rotatable bonds is 8. The standard InChI is InChI=1S/C26H31FN4O/c1-2-3-12-31-14-11-22-21-6-4-5-7-23(21)29-25(22)26(31)19-8-9-24(28-17-19)32-16-15-30-13-10-20(27)18-30/h2,4-9,17,20,26,29H,1,3,10-16,18H2/t20?,26-/m1/s1. The van der Waals surface area contributed by atoms with Crippen molar-refractivity contribution in [3.05, 3.63) is 72.1 Å². The number of pyridine rings is 1. The summed E-state index contributed by atoms with van der Waals surface area (Å²) in [5, 5.41) is 1.32. The molecule has 3 aromatic rings. The first-order valence-electron chi connectivity index (χ1n) is 11.6. The third-order valence-corrected chi connectivity index (χ3v) is 6.70. The normalized spacial score (nSPS) is 21.7. The minimum absolute atomic E-state index is 0.138. The minimum atomic E-state index is -0.693. The Kier molecular flexibility index (Phi) is 6.23. The monoisotopic (exact) mass is 434 g/mol. The van der Waals surface area contributed by atoms with Gasteiger partial charge in [0.05, 0.1) is 6.04 Å². The summed E-state index contributed by atoms with van der Waals surface area (Å²) in [4.78, 5) is 12.9. The van der Waals surface area contributed by atoms with E-state index in [1.54, 1.807) is 0 Å². The van der Waals surface area contributed by atoms with Crippen LogP contribution in [0.25, 0.3) is 10.9 Å². The molecule has 1 aromatic carbocycles. The molecule has 4 heterocycles. The maximum absolute atomic E-state index is 13.3. The zero-order valence-corrected chi connectivity index (χ0v) is 18.5. The van der Waals surface area contributed by atoms with E-state index in [4.69, 9.17) is 4.74 Å². The van der Waals surface area contributed by atoms with Crippen LogP contribution in [0.3, 0.4) is 0 Å². The number of fused-ring (bicyclic) bond motifs is 3. The number of para-hydroxylation sites is 1. The third-order valence-electron chi connectivity index (χ3n) is 6.70. The van der Waals surface area contributed by atoms with Crippen molar-refractivity contribution in [2.45, 2.75) is 31.5 Å². The van der Waals surface area contributed by atoms with Gasteiger partial charge in [-0.2, -0.15) is 0 Å². The van der Waals surface area contributed by atoms with Crippen LogP contribution in [0.5, 0.6) is 5.88 Å². The molecule has 6 heteroatoms. The fraction of sp³-hybridized carbons (Fsp3) is 0.423. The van der Waals surface area contributed by atoms with Gasteiger partial charge in [0.15, 0.2) is 0 Å². The number of likely N-dealkylation sites (tertiary alicyclic amines) is 1. The average Bonchev–Trinajstić information content (AvgIpc) is 3.41. The highest BCUT2D eigenvalue weighted by Crippen LogP contribution is 2.38. The lowest BCUT2D eigenvalue weighted by Gasteiger charge is -2.36. The Morgan fingerprint density at radius 3 is 2.88 bits per heavy atom. The van der Waals surface area contributed by atoms with Crippen LogP contribution in [0.4, 0.5) is 4.39 Å². The summed E-state index contributed by atoms with van der Waals surface area (Å²) >= 11 is 0. The number of H-pyrrole nitrogens is 1. The second-order valence-electron chi connectivity index (χ2n) is 8.79. The van der Waals surface area contributed by atoms with Gasteiger partial charge < -0.3 is 9.72 Å². The second-order valence-corrected chi connectivity index (χ2v) is 8.79. The molecule has 0 aliphatic carbocycles. The molecule has 2 aliphatic rings. The van der Waals surface area contributed by atoms with E-state index in [1.165, 1.54) is 22.2 Å². The van der Waals surface area contributed by atoms with Gasteiger partial charge in [0.2, 0.25) is 5.88 Å². The summed E-state index contributed by atoms with van der Waals surface area (Å²) in [7, 11) is 0. The van der Waals surface area contributed by atoms with Gasteiger partial charge in [0.25, 0.3) is 0 Å². The van der Waals surface area contributed by atoms with Gasteiger partial charge in [0, 0.05) is 61.6 Å². The molecule has 0 bridgehead atoms. The van der Waals surface area contributed by atoms with Crippen molar-refractivity contribution in [3.8, 4) is 5.88 Å². The van der Waals surface area contributed by atoms with Crippen LogP contribution < -0.4 is 4.74 Å². The highest BCUT2D eigenvalue weighted by molar-refractivity contribution is 5.85. The Morgan fingerprint density at radius 2 is 2.09 bits per heavy atom. The summed E-state index contributed by atoms with van der Waals surface area (Å²) in [6, 6.07) is 12.8. The number of halogens is 1. The van der Waals surface area contributed by atoms with Gasteiger partial charge >= 0.3 is 0 Å². The third kappa shape index (κ3) is 4.30. The molecule has 1 fully saturated rings. The van der Waals surface area contributed by atoms with Gasteiger partial charge in [-0.3, -0.25) is 9.80 Å². The van der Waals surface area contributed by atoms with Crippen molar-refractivity contribution in [2.75, 3.05) is 39.3 Å². The molecule has 1 saturated heterocycles. The molecule has 32 heavy (non-hydrogen) atoms. The van der Waals surface area contributed by atoms with Gasteiger partial charge in [0.1, 0.15) is 12.8 Å². The minimum Gasteiger partial charge on any atom is -0.476 e. The first kappa shape index (κ1) is 21.2. The second kappa shape index (κ2) is 9.43. The van der Waals surface area contributed by atoms with E-state index in [2.05, 4.69) is 56.7 Å². The Labute approximate surface area is 188 Å². The summed E-state index contributed by atoms with van der Waals surface area (Å²) in [6.45, 7) is 8.48. The predicted octanol–water partition coefficient (Wildman–Crippen LogP) is 4.51. The molecule has 0 amide bonds. The summed E-state index contributed by atoms with van der Waals surface area (Å²) < 4.78 is 19.2. The number of ether oxygens (including phenoxy) is 1. The lowest BCUT2D eigenvalue weighted by Crippen LogP contribution is -2.36. The van der Waals surface area contributed by atoms with Crippen LogP contribution in [0, 0.1) is 0 Å². The van der Waals surface area contributed by atoms with E-state index < -0.39 is 6.17 Å². The maximum atomic E-state index is 13.3.